The van der Waals surface area contributed by atoms with Crippen molar-refractivity contribution in [3.8, 4) is 0 Å². The van der Waals surface area contributed by atoms with Gasteiger partial charge in [0.05, 0.1) is 5.75 Å². The van der Waals surface area contributed by atoms with Gasteiger partial charge in [0.25, 0.3) is 0 Å². The summed E-state index contributed by atoms with van der Waals surface area (Å²) in [4.78, 5) is 0. The molecule has 1 aromatic rings. The summed E-state index contributed by atoms with van der Waals surface area (Å²) in [5.74, 6) is -0.0818. The Bertz CT molecular complexity index is 453. The molecule has 0 radical (unpaired) electrons. The summed E-state index contributed by atoms with van der Waals surface area (Å²) in [5, 5.41) is 19.7. The van der Waals surface area contributed by atoms with Crippen LogP contribution in [-0.2, 0) is 9.84 Å². The van der Waals surface area contributed by atoms with Crippen LogP contribution in [0.3, 0.4) is 0 Å². The van der Waals surface area contributed by atoms with Crippen LogP contribution in [0.15, 0.2) is 4.34 Å². The molecule has 6 nitrogen and oxygen atoms in total. The summed E-state index contributed by atoms with van der Waals surface area (Å²) in [6.07, 6.45) is 2.44. The maximum Gasteiger partial charge on any atom is 0.234 e. The molecule has 0 unspecified atom stereocenters. The fraction of sp³-hybridized carbons (Fsp3) is 0.750. The van der Waals surface area contributed by atoms with Crippen molar-refractivity contribution < 1.29 is 13.5 Å². The fourth-order valence-corrected chi connectivity index (χ4v) is 3.54. The number of nitrogens with one attached hydrogen (secondary N) is 1. The quantitative estimate of drug-likeness (QED) is 0.765. The maximum absolute atomic E-state index is 11.7. The van der Waals surface area contributed by atoms with Crippen molar-refractivity contribution in [2.45, 2.75) is 29.6 Å². The zero-order valence-electron chi connectivity index (χ0n) is 8.59. The van der Waals surface area contributed by atoms with Crippen LogP contribution in [0.5, 0.6) is 0 Å². The Kier molecular flexibility index (Phi) is 3.41. The molecule has 0 atom stereocenters. The van der Waals surface area contributed by atoms with E-state index >= 15 is 0 Å². The predicted molar refractivity (Wildman–Crippen MR) is 60.3 cm³/mol. The third-order valence-electron chi connectivity index (χ3n) is 2.15. The summed E-state index contributed by atoms with van der Waals surface area (Å²) < 4.78 is 23.4. The van der Waals surface area contributed by atoms with E-state index in [0.29, 0.717) is 11.2 Å². The molecular formula is C8H13N3O3S2. The Morgan fingerprint density at radius 2 is 2.19 bits per heavy atom. The molecule has 1 aliphatic rings. The van der Waals surface area contributed by atoms with Gasteiger partial charge in [0.2, 0.25) is 19.3 Å². The number of hydrogen-bond donors (Lipinski definition) is 2. The van der Waals surface area contributed by atoms with E-state index in [1.54, 1.807) is 0 Å². The molecule has 2 N–H and O–H groups in total. The summed E-state index contributed by atoms with van der Waals surface area (Å²) in [6.45, 7) is -0.134. The predicted octanol–water partition coefficient (Wildman–Crippen LogP) is 0.268. The average Bonchev–Trinajstić information content (AvgIpc) is 2.91. The number of aliphatic hydroxyl groups is 1. The summed E-state index contributed by atoms with van der Waals surface area (Å²) in [6, 6.07) is 0.431. The number of hydrogen-bond acceptors (Lipinski definition) is 7. The Labute approximate surface area is 97.6 Å². The van der Waals surface area contributed by atoms with Gasteiger partial charge in [0, 0.05) is 12.6 Å². The van der Waals surface area contributed by atoms with Crippen molar-refractivity contribution in [2.24, 2.45) is 0 Å². The average molecular weight is 263 g/mol. The molecule has 1 aliphatic carbocycles. The molecule has 16 heavy (non-hydrogen) atoms. The van der Waals surface area contributed by atoms with Crippen LogP contribution in [0.4, 0.5) is 5.13 Å². The topological polar surface area (TPSA) is 92.2 Å². The summed E-state index contributed by atoms with van der Waals surface area (Å²) in [5.41, 5.74) is 0. The Balaban J connectivity index is 2.04. The number of nitrogens with zero attached hydrogens (tertiary/aromatic N) is 2. The second-order valence-corrected chi connectivity index (χ2v) is 6.95. The lowest BCUT2D eigenvalue weighted by atomic mass is 10.5. The Morgan fingerprint density at radius 1 is 1.44 bits per heavy atom. The van der Waals surface area contributed by atoms with Crippen molar-refractivity contribution in [3.63, 3.8) is 0 Å². The van der Waals surface area contributed by atoms with Gasteiger partial charge in [-0.1, -0.05) is 11.3 Å². The Hall–Kier alpha value is -0.730. The molecule has 1 aromatic heterocycles. The number of sulfone groups is 1. The van der Waals surface area contributed by atoms with Crippen LogP contribution in [-0.4, -0.2) is 42.1 Å². The lowest BCUT2D eigenvalue weighted by Gasteiger charge is -1.97. The molecule has 0 aromatic carbocycles. The number of rotatable bonds is 6. The van der Waals surface area contributed by atoms with Crippen LogP contribution in [0.2, 0.25) is 0 Å². The van der Waals surface area contributed by atoms with Crippen molar-refractivity contribution in [2.75, 3.05) is 17.7 Å². The molecule has 0 bridgehead atoms. The van der Waals surface area contributed by atoms with Gasteiger partial charge in [-0.05, 0) is 19.3 Å². The van der Waals surface area contributed by atoms with E-state index in [-0.39, 0.29) is 23.1 Å². The van der Waals surface area contributed by atoms with E-state index in [0.717, 1.165) is 24.2 Å². The van der Waals surface area contributed by atoms with E-state index in [4.69, 9.17) is 5.11 Å². The van der Waals surface area contributed by atoms with Crippen LogP contribution in [0.1, 0.15) is 19.3 Å². The van der Waals surface area contributed by atoms with Gasteiger partial charge in [-0.15, -0.1) is 10.2 Å². The monoisotopic (exact) mass is 263 g/mol. The van der Waals surface area contributed by atoms with Gasteiger partial charge in [0.1, 0.15) is 0 Å². The van der Waals surface area contributed by atoms with E-state index in [1.807, 2.05) is 0 Å². The molecule has 1 saturated carbocycles. The van der Waals surface area contributed by atoms with Crippen LogP contribution in [0, 0.1) is 0 Å². The third-order valence-corrected chi connectivity index (χ3v) is 5.25. The highest BCUT2D eigenvalue weighted by molar-refractivity contribution is 7.93. The van der Waals surface area contributed by atoms with Gasteiger partial charge >= 0.3 is 0 Å². The van der Waals surface area contributed by atoms with Gasteiger partial charge in [-0.25, -0.2) is 8.42 Å². The van der Waals surface area contributed by atoms with E-state index in [1.165, 1.54) is 0 Å². The second kappa shape index (κ2) is 4.64. The zero-order valence-corrected chi connectivity index (χ0v) is 10.2. The highest BCUT2D eigenvalue weighted by atomic mass is 32.2. The molecular weight excluding hydrogens is 250 g/mol. The molecule has 0 amide bonds. The molecule has 0 saturated heterocycles. The normalized spacial score (nSPS) is 16.3. The first-order valence-electron chi connectivity index (χ1n) is 5.05. The minimum atomic E-state index is -3.37. The number of anilines is 1. The van der Waals surface area contributed by atoms with Gasteiger partial charge in [-0.2, -0.15) is 0 Å². The lowest BCUT2D eigenvalue weighted by Crippen LogP contribution is -2.07. The molecule has 2 rings (SSSR count). The van der Waals surface area contributed by atoms with Gasteiger partial charge in [-0.3, -0.25) is 0 Å². The highest BCUT2D eigenvalue weighted by Crippen LogP contribution is 2.28. The molecule has 1 fully saturated rings. The van der Waals surface area contributed by atoms with Crippen LogP contribution in [0.25, 0.3) is 0 Å². The number of aromatic nitrogens is 2. The van der Waals surface area contributed by atoms with Crippen molar-refractivity contribution in [1.82, 2.24) is 10.2 Å². The standard InChI is InChI=1S/C8H13N3O3S2/c12-4-1-5-16(13,14)8-11-10-7(15-8)9-6-2-3-6/h6,12H,1-5H2,(H,9,10). The van der Waals surface area contributed by atoms with Crippen LogP contribution < -0.4 is 5.32 Å². The second-order valence-electron chi connectivity index (χ2n) is 3.69. The fourth-order valence-electron chi connectivity index (χ4n) is 1.14. The Morgan fingerprint density at radius 3 is 2.81 bits per heavy atom. The zero-order chi connectivity index (χ0) is 11.6. The van der Waals surface area contributed by atoms with Gasteiger partial charge < -0.3 is 10.4 Å². The molecule has 0 aliphatic heterocycles. The molecule has 1 heterocycles. The van der Waals surface area contributed by atoms with Crippen LogP contribution >= 0.6 is 11.3 Å². The SMILES string of the molecule is O=S(=O)(CCCO)c1nnc(NC2CC2)s1. The van der Waals surface area contributed by atoms with Crippen molar-refractivity contribution in [3.05, 3.63) is 0 Å². The first kappa shape index (κ1) is 11.7. The van der Waals surface area contributed by atoms with Crippen molar-refractivity contribution in [1.29, 1.82) is 0 Å². The largest absolute Gasteiger partial charge is 0.396 e. The number of aliphatic hydroxyl groups excluding tert-OH is 1. The lowest BCUT2D eigenvalue weighted by molar-refractivity contribution is 0.295. The summed E-state index contributed by atoms with van der Waals surface area (Å²) >= 11 is 1.06. The first-order valence-corrected chi connectivity index (χ1v) is 7.52. The molecule has 90 valence electrons. The third kappa shape index (κ3) is 2.89. The first-order chi connectivity index (χ1) is 7.62. The minimum absolute atomic E-state index is 0.0316. The summed E-state index contributed by atoms with van der Waals surface area (Å²) in [7, 11) is -3.37. The smallest absolute Gasteiger partial charge is 0.234 e. The van der Waals surface area contributed by atoms with E-state index < -0.39 is 9.84 Å². The van der Waals surface area contributed by atoms with E-state index in [9.17, 15) is 8.42 Å². The molecule has 0 spiro atoms. The minimum Gasteiger partial charge on any atom is -0.396 e. The molecule has 8 heteroatoms. The van der Waals surface area contributed by atoms with E-state index in [2.05, 4.69) is 15.5 Å². The highest BCUT2D eigenvalue weighted by Gasteiger charge is 2.24. The maximum atomic E-state index is 11.7. The van der Waals surface area contributed by atoms with Crippen molar-refractivity contribution >= 4 is 26.3 Å². The van der Waals surface area contributed by atoms with Gasteiger partial charge in [0.15, 0.2) is 0 Å².